The molecule has 2 aromatic rings. The summed E-state index contributed by atoms with van der Waals surface area (Å²) < 4.78 is 0. The third kappa shape index (κ3) is 4.28. The van der Waals surface area contributed by atoms with E-state index in [0.717, 1.165) is 12.8 Å². The van der Waals surface area contributed by atoms with Crippen LogP contribution in [0.4, 0.5) is 5.82 Å². The van der Waals surface area contributed by atoms with Gasteiger partial charge in [-0.1, -0.05) is 42.7 Å². The largest absolute Gasteiger partial charge is 0.366 e. The second-order valence-corrected chi connectivity index (χ2v) is 6.09. The molecule has 0 spiro atoms. The van der Waals surface area contributed by atoms with Crippen LogP contribution in [0.3, 0.4) is 0 Å². The lowest BCUT2D eigenvalue weighted by Crippen LogP contribution is -2.33. The van der Waals surface area contributed by atoms with Crippen molar-refractivity contribution in [2.75, 3.05) is 5.32 Å². The van der Waals surface area contributed by atoms with E-state index in [0.29, 0.717) is 24.1 Å². The highest BCUT2D eigenvalue weighted by molar-refractivity contribution is 5.93. The van der Waals surface area contributed by atoms with Gasteiger partial charge >= 0.3 is 0 Å². The number of aryl methyl sites for hydroxylation is 1. The number of aromatic nitrogens is 2. The van der Waals surface area contributed by atoms with Gasteiger partial charge in [0, 0.05) is 18.7 Å². The maximum Gasteiger partial charge on any atom is 0.270 e. The standard InChI is InChI=1S/C18H22N4O/c1-13-5-4-6-14(9-13)11-19-17-10-16(20-12-21-17)18(23)22-15-7-2-3-8-15/h4-6,9-10,12,15H,2-3,7-8,11H2,1H3,(H,22,23)(H,19,20,21). The van der Waals surface area contributed by atoms with Gasteiger partial charge in [0.15, 0.2) is 0 Å². The highest BCUT2D eigenvalue weighted by Crippen LogP contribution is 2.18. The van der Waals surface area contributed by atoms with E-state index >= 15 is 0 Å². The summed E-state index contributed by atoms with van der Waals surface area (Å²) in [6, 6.07) is 10.3. The summed E-state index contributed by atoms with van der Waals surface area (Å²) >= 11 is 0. The molecule has 5 nitrogen and oxygen atoms in total. The minimum atomic E-state index is -0.113. The summed E-state index contributed by atoms with van der Waals surface area (Å²) in [6.07, 6.45) is 5.95. The van der Waals surface area contributed by atoms with Crippen molar-refractivity contribution in [3.63, 3.8) is 0 Å². The fraction of sp³-hybridized carbons (Fsp3) is 0.389. The molecule has 1 aliphatic rings. The third-order valence-corrected chi connectivity index (χ3v) is 4.15. The molecular formula is C18H22N4O. The highest BCUT2D eigenvalue weighted by Gasteiger charge is 2.18. The first-order chi connectivity index (χ1) is 11.2. The Hall–Kier alpha value is -2.43. The molecule has 1 amide bonds. The lowest BCUT2D eigenvalue weighted by molar-refractivity contribution is 0.0932. The van der Waals surface area contributed by atoms with Gasteiger partial charge in [-0.15, -0.1) is 0 Å². The van der Waals surface area contributed by atoms with Crippen LogP contribution in [0.2, 0.25) is 0 Å². The van der Waals surface area contributed by atoms with Crippen molar-refractivity contribution in [1.29, 1.82) is 0 Å². The Labute approximate surface area is 136 Å². The van der Waals surface area contributed by atoms with Gasteiger partial charge in [0.2, 0.25) is 0 Å². The van der Waals surface area contributed by atoms with Crippen LogP contribution >= 0.6 is 0 Å². The third-order valence-electron chi connectivity index (χ3n) is 4.15. The maximum absolute atomic E-state index is 12.2. The summed E-state index contributed by atoms with van der Waals surface area (Å²) in [5, 5.41) is 6.29. The fourth-order valence-corrected chi connectivity index (χ4v) is 2.92. The van der Waals surface area contributed by atoms with Crippen molar-refractivity contribution in [2.45, 2.75) is 45.2 Å². The number of hydrogen-bond donors (Lipinski definition) is 2. The number of nitrogens with zero attached hydrogens (tertiary/aromatic N) is 2. The molecule has 3 rings (SSSR count). The van der Waals surface area contributed by atoms with E-state index in [1.807, 2.05) is 6.07 Å². The highest BCUT2D eigenvalue weighted by atomic mass is 16.1. The minimum Gasteiger partial charge on any atom is -0.366 e. The second kappa shape index (κ2) is 7.22. The smallest absolute Gasteiger partial charge is 0.270 e. The molecule has 1 aromatic heterocycles. The predicted molar refractivity (Wildman–Crippen MR) is 90.3 cm³/mol. The van der Waals surface area contributed by atoms with Gasteiger partial charge in [-0.2, -0.15) is 0 Å². The Morgan fingerprint density at radius 2 is 2.04 bits per heavy atom. The zero-order valence-electron chi connectivity index (χ0n) is 13.4. The van der Waals surface area contributed by atoms with Gasteiger partial charge in [-0.05, 0) is 25.3 Å². The van der Waals surface area contributed by atoms with Crippen LogP contribution in [-0.2, 0) is 6.54 Å². The van der Waals surface area contributed by atoms with Gasteiger partial charge in [0.05, 0.1) is 0 Å². The van der Waals surface area contributed by atoms with E-state index < -0.39 is 0 Å². The van der Waals surface area contributed by atoms with Crippen LogP contribution in [-0.4, -0.2) is 21.9 Å². The first kappa shape index (κ1) is 15.5. The Morgan fingerprint density at radius 1 is 1.22 bits per heavy atom. The van der Waals surface area contributed by atoms with Crippen molar-refractivity contribution < 1.29 is 4.79 Å². The van der Waals surface area contributed by atoms with Gasteiger partial charge in [-0.3, -0.25) is 4.79 Å². The number of carbonyl (C=O) groups excluding carboxylic acids is 1. The summed E-state index contributed by atoms with van der Waals surface area (Å²) in [5.41, 5.74) is 2.82. The SMILES string of the molecule is Cc1cccc(CNc2cc(C(=O)NC3CCCC3)ncn2)c1. The number of nitrogens with one attached hydrogen (secondary N) is 2. The lowest BCUT2D eigenvalue weighted by Gasteiger charge is -2.12. The number of carbonyl (C=O) groups is 1. The Morgan fingerprint density at radius 3 is 2.83 bits per heavy atom. The van der Waals surface area contributed by atoms with E-state index in [-0.39, 0.29) is 5.91 Å². The molecule has 1 fully saturated rings. The van der Waals surface area contributed by atoms with Crippen LogP contribution in [0, 0.1) is 6.92 Å². The molecule has 1 aromatic carbocycles. The van der Waals surface area contributed by atoms with Crippen LogP contribution in [0.1, 0.15) is 47.3 Å². The molecule has 0 atom stereocenters. The van der Waals surface area contributed by atoms with E-state index in [1.54, 1.807) is 6.07 Å². The number of hydrogen-bond acceptors (Lipinski definition) is 4. The Bertz CT molecular complexity index is 680. The van der Waals surface area contributed by atoms with E-state index in [9.17, 15) is 4.79 Å². The Kier molecular flexibility index (Phi) is 4.86. The zero-order chi connectivity index (χ0) is 16.1. The average molecular weight is 310 g/mol. The van der Waals surface area contributed by atoms with Crippen molar-refractivity contribution >= 4 is 11.7 Å². The van der Waals surface area contributed by atoms with Crippen molar-refractivity contribution in [2.24, 2.45) is 0 Å². The van der Waals surface area contributed by atoms with Crippen molar-refractivity contribution in [3.05, 3.63) is 53.5 Å². The van der Waals surface area contributed by atoms with Gasteiger partial charge in [-0.25, -0.2) is 9.97 Å². The molecule has 1 aliphatic carbocycles. The number of anilines is 1. The molecule has 0 unspecified atom stereocenters. The van der Waals surface area contributed by atoms with Crippen molar-refractivity contribution in [3.8, 4) is 0 Å². The van der Waals surface area contributed by atoms with E-state index in [2.05, 4.69) is 45.7 Å². The molecule has 1 heterocycles. The van der Waals surface area contributed by atoms with Crippen LogP contribution in [0.5, 0.6) is 0 Å². The first-order valence-corrected chi connectivity index (χ1v) is 8.13. The number of amides is 1. The lowest BCUT2D eigenvalue weighted by atomic mass is 10.1. The summed E-state index contributed by atoms with van der Waals surface area (Å²) in [6.45, 7) is 2.74. The molecule has 0 bridgehead atoms. The summed E-state index contributed by atoms with van der Waals surface area (Å²) in [5.74, 6) is 0.552. The second-order valence-electron chi connectivity index (χ2n) is 6.09. The van der Waals surface area contributed by atoms with Crippen LogP contribution < -0.4 is 10.6 Å². The molecule has 120 valence electrons. The molecule has 5 heteroatoms. The molecule has 0 saturated heterocycles. The van der Waals surface area contributed by atoms with Gasteiger partial charge in [0.25, 0.3) is 5.91 Å². The summed E-state index contributed by atoms with van der Waals surface area (Å²) in [4.78, 5) is 20.5. The molecule has 0 radical (unpaired) electrons. The van der Waals surface area contributed by atoms with E-state index in [1.165, 1.54) is 30.3 Å². The summed E-state index contributed by atoms with van der Waals surface area (Å²) in [7, 11) is 0. The van der Waals surface area contributed by atoms with Crippen LogP contribution in [0.15, 0.2) is 36.7 Å². The average Bonchev–Trinajstić information content (AvgIpc) is 3.06. The number of rotatable bonds is 5. The quantitative estimate of drug-likeness (QED) is 0.890. The van der Waals surface area contributed by atoms with Gasteiger partial charge in [0.1, 0.15) is 17.8 Å². The molecule has 0 aliphatic heterocycles. The number of benzene rings is 1. The molecule has 2 N–H and O–H groups in total. The van der Waals surface area contributed by atoms with Crippen molar-refractivity contribution in [1.82, 2.24) is 15.3 Å². The predicted octanol–water partition coefficient (Wildman–Crippen LogP) is 3.07. The topological polar surface area (TPSA) is 66.9 Å². The molecular weight excluding hydrogens is 288 g/mol. The first-order valence-electron chi connectivity index (χ1n) is 8.13. The zero-order valence-corrected chi connectivity index (χ0v) is 13.4. The minimum absolute atomic E-state index is 0.113. The Balaban J connectivity index is 1.61. The fourth-order valence-electron chi connectivity index (χ4n) is 2.92. The molecule has 1 saturated carbocycles. The maximum atomic E-state index is 12.2. The van der Waals surface area contributed by atoms with E-state index in [4.69, 9.17) is 0 Å². The van der Waals surface area contributed by atoms with Crippen LogP contribution in [0.25, 0.3) is 0 Å². The van der Waals surface area contributed by atoms with Gasteiger partial charge < -0.3 is 10.6 Å². The monoisotopic (exact) mass is 310 g/mol. The molecule has 23 heavy (non-hydrogen) atoms. The normalized spacial score (nSPS) is 14.7.